The smallest absolute Gasteiger partial charge is 0.142 e. The molecule has 0 amide bonds. The minimum absolute atomic E-state index is 0.529. The van der Waals surface area contributed by atoms with Crippen LogP contribution in [-0.4, -0.2) is 11.6 Å². The molecule has 0 unspecified atom stereocenters. The van der Waals surface area contributed by atoms with Crippen molar-refractivity contribution in [2.45, 2.75) is 51.5 Å². The molecule has 1 fully saturated rings. The Hall–Kier alpha value is -1.09. The average Bonchev–Trinajstić information content (AvgIpc) is 2.90. The lowest BCUT2D eigenvalue weighted by Gasteiger charge is -2.13. The molecule has 0 bridgehead atoms. The summed E-state index contributed by atoms with van der Waals surface area (Å²) in [5, 5.41) is 0. The molecule has 3 nitrogen and oxygen atoms in total. The van der Waals surface area contributed by atoms with Crippen LogP contribution in [-0.2, 0) is 6.54 Å². The van der Waals surface area contributed by atoms with Crippen LogP contribution in [0.15, 0.2) is 12.3 Å². The van der Waals surface area contributed by atoms with E-state index < -0.39 is 0 Å². The van der Waals surface area contributed by atoms with E-state index in [1.807, 2.05) is 6.20 Å². The third-order valence-corrected chi connectivity index (χ3v) is 3.42. The molecule has 1 aromatic rings. The normalized spacial score (nSPS) is 16.4. The Balaban J connectivity index is 2.14. The molecule has 1 aliphatic carbocycles. The second-order valence-corrected chi connectivity index (χ2v) is 4.75. The number of nitrogens with two attached hydrogens (primary N) is 1. The lowest BCUT2D eigenvalue weighted by Crippen LogP contribution is -2.06. The number of pyridine rings is 1. The first-order valence-corrected chi connectivity index (χ1v) is 6.66. The number of hydrogen-bond acceptors (Lipinski definition) is 3. The number of hydrogen-bond donors (Lipinski definition) is 1. The Morgan fingerprint density at radius 3 is 2.82 bits per heavy atom. The molecule has 0 aliphatic heterocycles. The van der Waals surface area contributed by atoms with E-state index in [0.29, 0.717) is 12.5 Å². The van der Waals surface area contributed by atoms with Gasteiger partial charge in [0, 0.05) is 23.7 Å². The summed E-state index contributed by atoms with van der Waals surface area (Å²) in [5.74, 6) is 1.50. The Morgan fingerprint density at radius 2 is 2.18 bits per heavy atom. The fourth-order valence-corrected chi connectivity index (χ4v) is 2.45. The van der Waals surface area contributed by atoms with Crippen molar-refractivity contribution >= 4 is 0 Å². The lowest BCUT2D eigenvalue weighted by atomic mass is 10.0. The van der Waals surface area contributed by atoms with Crippen LogP contribution in [0.5, 0.6) is 5.75 Å². The molecule has 1 aromatic heterocycles. The Bertz CT molecular complexity index is 359. The monoisotopic (exact) mass is 234 g/mol. The zero-order chi connectivity index (χ0) is 12.1. The van der Waals surface area contributed by atoms with Gasteiger partial charge in [0.2, 0.25) is 0 Å². The number of ether oxygens (including phenoxy) is 1. The Labute approximate surface area is 103 Å². The van der Waals surface area contributed by atoms with E-state index in [2.05, 4.69) is 18.0 Å². The minimum atomic E-state index is 0.529. The van der Waals surface area contributed by atoms with Crippen molar-refractivity contribution in [1.82, 2.24) is 4.98 Å². The van der Waals surface area contributed by atoms with Crippen LogP contribution >= 0.6 is 0 Å². The first-order chi connectivity index (χ1) is 8.35. The van der Waals surface area contributed by atoms with E-state index in [0.717, 1.165) is 24.3 Å². The molecule has 94 valence electrons. The summed E-state index contributed by atoms with van der Waals surface area (Å²) in [4.78, 5) is 4.54. The largest absolute Gasteiger partial charge is 0.492 e. The lowest BCUT2D eigenvalue weighted by molar-refractivity contribution is 0.312. The van der Waals surface area contributed by atoms with Crippen molar-refractivity contribution in [3.05, 3.63) is 23.5 Å². The van der Waals surface area contributed by atoms with Crippen LogP contribution in [0.1, 0.15) is 56.2 Å². The highest BCUT2D eigenvalue weighted by molar-refractivity contribution is 5.33. The molecule has 0 radical (unpaired) electrons. The molecule has 17 heavy (non-hydrogen) atoms. The van der Waals surface area contributed by atoms with Crippen LogP contribution in [0.2, 0.25) is 0 Å². The molecule has 0 aromatic carbocycles. The van der Waals surface area contributed by atoms with Gasteiger partial charge in [-0.1, -0.05) is 19.8 Å². The van der Waals surface area contributed by atoms with Gasteiger partial charge in [0.15, 0.2) is 0 Å². The van der Waals surface area contributed by atoms with E-state index in [1.165, 1.54) is 31.4 Å². The third-order valence-electron chi connectivity index (χ3n) is 3.42. The SMILES string of the molecule is CCCOc1cnc(C2CCCC2)cc1CN. The van der Waals surface area contributed by atoms with Crippen molar-refractivity contribution < 1.29 is 4.74 Å². The van der Waals surface area contributed by atoms with Gasteiger partial charge in [0.1, 0.15) is 5.75 Å². The van der Waals surface area contributed by atoms with Gasteiger partial charge in [-0.3, -0.25) is 4.98 Å². The molecule has 2 N–H and O–H groups in total. The van der Waals surface area contributed by atoms with Gasteiger partial charge < -0.3 is 10.5 Å². The third kappa shape index (κ3) is 2.97. The molecule has 0 spiro atoms. The maximum Gasteiger partial charge on any atom is 0.142 e. The van der Waals surface area contributed by atoms with Gasteiger partial charge in [-0.15, -0.1) is 0 Å². The molecular formula is C14H22N2O. The quantitative estimate of drug-likeness (QED) is 0.852. The summed E-state index contributed by atoms with van der Waals surface area (Å²) in [7, 11) is 0. The molecule has 0 saturated heterocycles. The van der Waals surface area contributed by atoms with E-state index >= 15 is 0 Å². The van der Waals surface area contributed by atoms with Crippen molar-refractivity contribution in [2.24, 2.45) is 5.73 Å². The van der Waals surface area contributed by atoms with E-state index in [4.69, 9.17) is 10.5 Å². The van der Waals surface area contributed by atoms with Crippen molar-refractivity contribution in [3.8, 4) is 5.75 Å². The van der Waals surface area contributed by atoms with Crippen molar-refractivity contribution in [2.75, 3.05) is 6.61 Å². The molecule has 3 heteroatoms. The second-order valence-electron chi connectivity index (χ2n) is 4.75. The van der Waals surface area contributed by atoms with Gasteiger partial charge in [-0.25, -0.2) is 0 Å². The summed E-state index contributed by atoms with van der Waals surface area (Å²) in [5.41, 5.74) is 8.08. The van der Waals surface area contributed by atoms with E-state index in [9.17, 15) is 0 Å². The Morgan fingerprint density at radius 1 is 1.41 bits per heavy atom. The maximum absolute atomic E-state index is 5.78. The molecule has 1 heterocycles. The van der Waals surface area contributed by atoms with Gasteiger partial charge in [0.25, 0.3) is 0 Å². The first-order valence-electron chi connectivity index (χ1n) is 6.66. The topological polar surface area (TPSA) is 48.1 Å². The standard InChI is InChI=1S/C14H22N2O/c1-2-7-17-14-10-16-13(8-12(14)9-15)11-5-3-4-6-11/h8,10-11H,2-7,9,15H2,1H3. The van der Waals surface area contributed by atoms with Crippen LogP contribution in [0.25, 0.3) is 0 Å². The van der Waals surface area contributed by atoms with Gasteiger partial charge >= 0.3 is 0 Å². The minimum Gasteiger partial charge on any atom is -0.492 e. The molecule has 1 aliphatic rings. The summed E-state index contributed by atoms with van der Waals surface area (Å²) in [6, 6.07) is 2.14. The second kappa shape index (κ2) is 6.01. The van der Waals surface area contributed by atoms with Crippen LogP contribution in [0, 0.1) is 0 Å². The number of nitrogens with zero attached hydrogens (tertiary/aromatic N) is 1. The predicted molar refractivity (Wildman–Crippen MR) is 69.1 cm³/mol. The maximum atomic E-state index is 5.78. The predicted octanol–water partition coefficient (Wildman–Crippen LogP) is 2.99. The Kier molecular flexibility index (Phi) is 4.37. The van der Waals surface area contributed by atoms with Crippen LogP contribution in [0.4, 0.5) is 0 Å². The van der Waals surface area contributed by atoms with Gasteiger partial charge in [0.05, 0.1) is 12.8 Å². The molecular weight excluding hydrogens is 212 g/mol. The van der Waals surface area contributed by atoms with E-state index in [-0.39, 0.29) is 0 Å². The summed E-state index contributed by atoms with van der Waals surface area (Å²) >= 11 is 0. The average molecular weight is 234 g/mol. The summed E-state index contributed by atoms with van der Waals surface area (Å²) < 4.78 is 5.65. The van der Waals surface area contributed by atoms with Crippen molar-refractivity contribution in [3.63, 3.8) is 0 Å². The highest BCUT2D eigenvalue weighted by Gasteiger charge is 2.19. The summed E-state index contributed by atoms with van der Waals surface area (Å²) in [6.45, 7) is 3.36. The van der Waals surface area contributed by atoms with E-state index in [1.54, 1.807) is 0 Å². The fraction of sp³-hybridized carbons (Fsp3) is 0.643. The van der Waals surface area contributed by atoms with Crippen LogP contribution < -0.4 is 10.5 Å². The molecule has 0 atom stereocenters. The number of aromatic nitrogens is 1. The summed E-state index contributed by atoms with van der Waals surface area (Å²) in [6.07, 6.45) is 8.06. The highest BCUT2D eigenvalue weighted by atomic mass is 16.5. The molecule has 2 rings (SSSR count). The zero-order valence-electron chi connectivity index (χ0n) is 10.6. The molecule has 1 saturated carbocycles. The van der Waals surface area contributed by atoms with Crippen molar-refractivity contribution in [1.29, 1.82) is 0 Å². The fourth-order valence-electron chi connectivity index (χ4n) is 2.45. The van der Waals surface area contributed by atoms with Gasteiger partial charge in [-0.05, 0) is 25.3 Å². The van der Waals surface area contributed by atoms with Gasteiger partial charge in [-0.2, -0.15) is 0 Å². The number of rotatable bonds is 5. The van der Waals surface area contributed by atoms with Crippen LogP contribution in [0.3, 0.4) is 0 Å². The highest BCUT2D eigenvalue weighted by Crippen LogP contribution is 2.34. The zero-order valence-corrected chi connectivity index (χ0v) is 10.6. The first kappa shape index (κ1) is 12.4.